The molecule has 0 bridgehead atoms. The van der Waals surface area contributed by atoms with Crippen molar-refractivity contribution in [3.63, 3.8) is 0 Å². The molecule has 1 heterocycles. The van der Waals surface area contributed by atoms with Gasteiger partial charge in [0.05, 0.1) is 0 Å². The average Bonchev–Trinajstić information content (AvgIpc) is 2.73. The van der Waals surface area contributed by atoms with Crippen molar-refractivity contribution in [2.75, 3.05) is 19.6 Å². The van der Waals surface area contributed by atoms with E-state index in [1.165, 1.54) is 64.6 Å². The highest BCUT2D eigenvalue weighted by Crippen LogP contribution is 2.41. The second-order valence-corrected chi connectivity index (χ2v) is 6.73. The van der Waals surface area contributed by atoms with E-state index in [0.29, 0.717) is 0 Å². The van der Waals surface area contributed by atoms with Crippen LogP contribution in [0.5, 0.6) is 0 Å². The Morgan fingerprint density at radius 3 is 2.85 bits per heavy atom. The summed E-state index contributed by atoms with van der Waals surface area (Å²) in [4.78, 5) is 2.69. The van der Waals surface area contributed by atoms with Gasteiger partial charge in [-0.2, -0.15) is 0 Å². The maximum absolute atomic E-state index is 2.69. The maximum Gasteiger partial charge on any atom is -0.00159 e. The van der Waals surface area contributed by atoms with Gasteiger partial charge in [0.2, 0.25) is 0 Å². The molecule has 2 atom stereocenters. The van der Waals surface area contributed by atoms with Gasteiger partial charge in [0, 0.05) is 0 Å². The molecule has 1 aliphatic heterocycles. The lowest BCUT2D eigenvalue weighted by molar-refractivity contribution is 0.273. The second-order valence-electron chi connectivity index (χ2n) is 6.73. The van der Waals surface area contributed by atoms with Gasteiger partial charge in [0.1, 0.15) is 0 Å². The molecule has 1 aromatic carbocycles. The third kappa shape index (κ3) is 3.09. The monoisotopic (exact) mass is 271 g/mol. The Balaban J connectivity index is 1.71. The van der Waals surface area contributed by atoms with E-state index in [4.69, 9.17) is 0 Å². The fourth-order valence-electron chi connectivity index (χ4n) is 4.40. The highest BCUT2D eigenvalue weighted by atomic mass is 15.1. The predicted octanol–water partition coefficient (Wildman–Crippen LogP) is 4.62. The lowest BCUT2D eigenvalue weighted by atomic mass is 9.73. The molecule has 0 aromatic heterocycles. The molecule has 20 heavy (non-hydrogen) atoms. The lowest BCUT2D eigenvalue weighted by Crippen LogP contribution is -2.26. The summed E-state index contributed by atoms with van der Waals surface area (Å²) in [7, 11) is 0. The van der Waals surface area contributed by atoms with Gasteiger partial charge in [-0.3, -0.25) is 0 Å². The van der Waals surface area contributed by atoms with E-state index >= 15 is 0 Å². The van der Waals surface area contributed by atoms with E-state index in [2.05, 4.69) is 36.1 Å². The minimum atomic E-state index is 0.849. The van der Waals surface area contributed by atoms with Crippen LogP contribution in [0.1, 0.15) is 62.5 Å². The van der Waals surface area contributed by atoms with Crippen molar-refractivity contribution in [2.24, 2.45) is 5.92 Å². The molecule has 1 nitrogen and oxygen atoms in total. The third-order valence-corrected chi connectivity index (χ3v) is 5.39. The van der Waals surface area contributed by atoms with E-state index in [1.807, 2.05) is 0 Å². The van der Waals surface area contributed by atoms with Crippen LogP contribution in [0.4, 0.5) is 0 Å². The SMILES string of the molecule is CCCN1CCC[C@@H](C2CCCc3ccccc32)CC1. The molecular weight excluding hydrogens is 242 g/mol. The average molecular weight is 271 g/mol. The molecule has 3 rings (SSSR count). The number of hydrogen-bond donors (Lipinski definition) is 0. The molecule has 1 saturated heterocycles. The van der Waals surface area contributed by atoms with Gasteiger partial charge in [0.25, 0.3) is 0 Å². The Kier molecular flexibility index (Phi) is 4.77. The predicted molar refractivity (Wildman–Crippen MR) is 86.2 cm³/mol. The molecule has 1 fully saturated rings. The first-order valence-corrected chi connectivity index (χ1v) is 8.68. The largest absolute Gasteiger partial charge is 0.303 e. The van der Waals surface area contributed by atoms with Gasteiger partial charge in [-0.05, 0) is 87.5 Å². The van der Waals surface area contributed by atoms with Crippen LogP contribution >= 0.6 is 0 Å². The molecule has 0 N–H and O–H groups in total. The Morgan fingerprint density at radius 2 is 1.95 bits per heavy atom. The van der Waals surface area contributed by atoms with Crippen LogP contribution in [0, 0.1) is 5.92 Å². The van der Waals surface area contributed by atoms with E-state index in [1.54, 1.807) is 11.1 Å². The number of likely N-dealkylation sites (tertiary alicyclic amines) is 1. The van der Waals surface area contributed by atoms with Crippen molar-refractivity contribution in [3.05, 3.63) is 35.4 Å². The molecular formula is C19H29N. The van der Waals surface area contributed by atoms with Crippen molar-refractivity contribution in [1.82, 2.24) is 4.90 Å². The van der Waals surface area contributed by atoms with E-state index in [0.717, 1.165) is 11.8 Å². The number of fused-ring (bicyclic) bond motifs is 1. The Morgan fingerprint density at radius 1 is 1.05 bits per heavy atom. The standard InChI is InChI=1S/C19H29N/c1-2-13-20-14-6-9-17(12-15-20)19-11-5-8-16-7-3-4-10-18(16)19/h3-4,7,10,17,19H,2,5-6,8-9,11-15H2,1H3/t17-,19?/m1/s1. The van der Waals surface area contributed by atoms with Gasteiger partial charge in [-0.25, -0.2) is 0 Å². The van der Waals surface area contributed by atoms with Crippen LogP contribution in [0.3, 0.4) is 0 Å². The molecule has 1 aromatic rings. The number of nitrogens with zero attached hydrogens (tertiary/aromatic N) is 1. The highest BCUT2D eigenvalue weighted by molar-refractivity contribution is 5.33. The van der Waals surface area contributed by atoms with Gasteiger partial charge < -0.3 is 4.90 Å². The summed E-state index contributed by atoms with van der Waals surface area (Å²) in [6.45, 7) is 6.27. The summed E-state index contributed by atoms with van der Waals surface area (Å²) in [6.07, 6.45) is 9.70. The molecule has 0 spiro atoms. The van der Waals surface area contributed by atoms with Crippen LogP contribution in [0.15, 0.2) is 24.3 Å². The first-order chi connectivity index (χ1) is 9.88. The van der Waals surface area contributed by atoms with E-state index < -0.39 is 0 Å². The topological polar surface area (TPSA) is 3.24 Å². The first kappa shape index (κ1) is 14.1. The van der Waals surface area contributed by atoms with Crippen molar-refractivity contribution >= 4 is 0 Å². The van der Waals surface area contributed by atoms with Crippen LogP contribution in [-0.2, 0) is 6.42 Å². The van der Waals surface area contributed by atoms with Crippen molar-refractivity contribution in [3.8, 4) is 0 Å². The second kappa shape index (κ2) is 6.76. The minimum absolute atomic E-state index is 0.849. The molecule has 1 unspecified atom stereocenters. The summed E-state index contributed by atoms with van der Waals surface area (Å²) in [5.74, 6) is 1.78. The molecule has 2 aliphatic rings. The zero-order chi connectivity index (χ0) is 13.8. The van der Waals surface area contributed by atoms with Gasteiger partial charge >= 0.3 is 0 Å². The van der Waals surface area contributed by atoms with Crippen LogP contribution in [0.25, 0.3) is 0 Å². The summed E-state index contributed by atoms with van der Waals surface area (Å²) >= 11 is 0. The van der Waals surface area contributed by atoms with Gasteiger partial charge in [0.15, 0.2) is 0 Å². The van der Waals surface area contributed by atoms with E-state index in [9.17, 15) is 0 Å². The summed E-state index contributed by atoms with van der Waals surface area (Å²) < 4.78 is 0. The zero-order valence-corrected chi connectivity index (χ0v) is 13.0. The fourth-order valence-corrected chi connectivity index (χ4v) is 4.40. The van der Waals surface area contributed by atoms with Gasteiger partial charge in [-0.1, -0.05) is 31.2 Å². The van der Waals surface area contributed by atoms with Crippen molar-refractivity contribution in [2.45, 2.75) is 57.8 Å². The fraction of sp³-hybridized carbons (Fsp3) is 0.684. The maximum atomic E-state index is 2.69. The van der Waals surface area contributed by atoms with Crippen LogP contribution < -0.4 is 0 Å². The molecule has 110 valence electrons. The van der Waals surface area contributed by atoms with Gasteiger partial charge in [-0.15, -0.1) is 0 Å². The Bertz CT molecular complexity index is 426. The van der Waals surface area contributed by atoms with Crippen molar-refractivity contribution in [1.29, 1.82) is 0 Å². The molecule has 0 saturated carbocycles. The number of aryl methyl sites for hydroxylation is 1. The minimum Gasteiger partial charge on any atom is -0.303 e. The molecule has 0 radical (unpaired) electrons. The number of benzene rings is 1. The van der Waals surface area contributed by atoms with E-state index in [-0.39, 0.29) is 0 Å². The summed E-state index contributed by atoms with van der Waals surface area (Å²) in [5, 5.41) is 0. The van der Waals surface area contributed by atoms with Crippen LogP contribution in [-0.4, -0.2) is 24.5 Å². The summed E-state index contributed by atoms with van der Waals surface area (Å²) in [6, 6.07) is 9.24. The van der Waals surface area contributed by atoms with Crippen LogP contribution in [0.2, 0.25) is 0 Å². The smallest absolute Gasteiger partial charge is 0.00159 e. The lowest BCUT2D eigenvalue weighted by Gasteiger charge is -2.32. The Hall–Kier alpha value is -0.820. The third-order valence-electron chi connectivity index (χ3n) is 5.39. The number of rotatable bonds is 3. The number of hydrogen-bond acceptors (Lipinski definition) is 1. The molecule has 1 heteroatoms. The highest BCUT2D eigenvalue weighted by Gasteiger charge is 2.29. The normalized spacial score (nSPS) is 27.9. The zero-order valence-electron chi connectivity index (χ0n) is 13.0. The Labute approximate surface area is 124 Å². The molecule has 1 aliphatic carbocycles. The molecule has 0 amide bonds. The summed E-state index contributed by atoms with van der Waals surface area (Å²) in [5.41, 5.74) is 3.33. The quantitative estimate of drug-likeness (QED) is 0.775. The van der Waals surface area contributed by atoms with Crippen molar-refractivity contribution < 1.29 is 0 Å². The first-order valence-electron chi connectivity index (χ1n) is 8.68.